The van der Waals surface area contributed by atoms with E-state index in [1.807, 2.05) is 24.3 Å². The molecule has 3 aromatic rings. The first-order valence-corrected chi connectivity index (χ1v) is 12.6. The Morgan fingerprint density at radius 1 is 0.879 bits per heavy atom. The maximum atomic E-state index is 8.95. The summed E-state index contributed by atoms with van der Waals surface area (Å²) in [6.45, 7) is 8.25. The largest absolute Gasteiger partial charge is 0.314 e. The van der Waals surface area contributed by atoms with Gasteiger partial charge in [-0.2, -0.15) is 5.26 Å². The summed E-state index contributed by atoms with van der Waals surface area (Å²) in [5, 5.41) is 14.8. The maximum absolute atomic E-state index is 8.95. The number of hydrogen-bond donors (Lipinski definition) is 1. The van der Waals surface area contributed by atoms with Crippen LogP contribution >= 0.6 is 0 Å². The number of likely N-dealkylation sites (tertiary alicyclic amines) is 1. The lowest BCUT2D eigenvalue weighted by Gasteiger charge is -2.33. The molecule has 2 aliphatic rings. The Kier molecular flexibility index (Phi) is 8.15. The van der Waals surface area contributed by atoms with Crippen molar-refractivity contribution in [1.82, 2.24) is 10.2 Å². The standard InChI is InChI=1S/C25H26N2.C5H11N/c1-19-4-2-3-14-27(19)15-13-20-5-10-25-17-24(12-11-23(25)16-20)22-8-6-21(18-26)7-9-22;1-5-3-2-4-6-5/h5-12,16-17,19H,2-4,13-15H2,1H3;5-6H,2-4H2,1H3/t;5-/m.1/s1. The third-order valence-corrected chi connectivity index (χ3v) is 7.19. The van der Waals surface area contributed by atoms with Gasteiger partial charge in [0.1, 0.15) is 0 Å². The average molecular weight is 440 g/mol. The Morgan fingerprint density at radius 2 is 1.64 bits per heavy atom. The summed E-state index contributed by atoms with van der Waals surface area (Å²) in [4.78, 5) is 2.64. The summed E-state index contributed by atoms with van der Waals surface area (Å²) < 4.78 is 0. The molecule has 2 aliphatic heterocycles. The van der Waals surface area contributed by atoms with Gasteiger partial charge < -0.3 is 10.2 Å². The highest BCUT2D eigenvalue weighted by Crippen LogP contribution is 2.26. The van der Waals surface area contributed by atoms with Crippen molar-refractivity contribution in [3.8, 4) is 17.2 Å². The first-order valence-electron chi connectivity index (χ1n) is 12.6. The molecule has 0 spiro atoms. The molecule has 2 heterocycles. The van der Waals surface area contributed by atoms with Crippen LogP contribution in [0.1, 0.15) is 57.1 Å². The van der Waals surface area contributed by atoms with E-state index in [0.717, 1.165) is 30.6 Å². The lowest BCUT2D eigenvalue weighted by atomic mass is 9.98. The van der Waals surface area contributed by atoms with Crippen LogP contribution in [0.2, 0.25) is 0 Å². The van der Waals surface area contributed by atoms with E-state index in [9.17, 15) is 0 Å². The molecular weight excluding hydrogens is 402 g/mol. The van der Waals surface area contributed by atoms with E-state index in [1.54, 1.807) is 0 Å². The van der Waals surface area contributed by atoms with Crippen molar-refractivity contribution >= 4 is 10.8 Å². The van der Waals surface area contributed by atoms with Crippen molar-refractivity contribution in [2.75, 3.05) is 19.6 Å². The third-order valence-electron chi connectivity index (χ3n) is 7.19. The number of nitrogens with one attached hydrogen (secondary N) is 1. The number of hydrogen-bond acceptors (Lipinski definition) is 3. The smallest absolute Gasteiger partial charge is 0.0991 e. The van der Waals surface area contributed by atoms with Crippen molar-refractivity contribution in [1.29, 1.82) is 5.26 Å². The van der Waals surface area contributed by atoms with Crippen LogP contribution in [0.25, 0.3) is 21.9 Å². The Labute approximate surface area is 199 Å². The molecule has 3 heteroatoms. The molecule has 2 fully saturated rings. The highest BCUT2D eigenvalue weighted by atomic mass is 15.1. The summed E-state index contributed by atoms with van der Waals surface area (Å²) in [6, 6.07) is 25.0. The van der Waals surface area contributed by atoms with E-state index in [-0.39, 0.29) is 0 Å². The summed E-state index contributed by atoms with van der Waals surface area (Å²) in [7, 11) is 0. The highest BCUT2D eigenvalue weighted by Gasteiger charge is 2.17. The van der Waals surface area contributed by atoms with Crippen molar-refractivity contribution in [3.63, 3.8) is 0 Å². The first kappa shape index (κ1) is 23.5. The second kappa shape index (κ2) is 11.5. The Bertz CT molecular complexity index is 1070. The van der Waals surface area contributed by atoms with Crippen LogP contribution in [0.5, 0.6) is 0 Å². The molecule has 172 valence electrons. The molecule has 0 bridgehead atoms. The van der Waals surface area contributed by atoms with E-state index < -0.39 is 0 Å². The summed E-state index contributed by atoms with van der Waals surface area (Å²) in [5.41, 5.74) is 4.47. The van der Waals surface area contributed by atoms with Crippen molar-refractivity contribution in [2.45, 2.75) is 64.5 Å². The van der Waals surface area contributed by atoms with Crippen LogP contribution in [-0.4, -0.2) is 36.6 Å². The fourth-order valence-corrected chi connectivity index (χ4v) is 4.99. The SMILES string of the molecule is CC1CCCCN1CCc1ccc2cc(-c3ccc(C#N)cc3)ccc2c1.C[C@@H]1CCCN1. The van der Waals surface area contributed by atoms with Gasteiger partial charge in [0, 0.05) is 18.6 Å². The molecule has 2 atom stereocenters. The van der Waals surface area contributed by atoms with Crippen LogP contribution in [0.15, 0.2) is 60.7 Å². The third kappa shape index (κ3) is 6.44. The normalized spacial score (nSPS) is 20.8. The number of rotatable bonds is 4. The minimum absolute atomic E-state index is 0.701. The zero-order valence-electron chi connectivity index (χ0n) is 20.2. The summed E-state index contributed by atoms with van der Waals surface area (Å²) in [5.74, 6) is 0. The van der Waals surface area contributed by atoms with Gasteiger partial charge in [0.2, 0.25) is 0 Å². The second-order valence-electron chi connectivity index (χ2n) is 9.71. The number of nitriles is 1. The summed E-state index contributed by atoms with van der Waals surface area (Å²) in [6.07, 6.45) is 7.95. The molecule has 0 aliphatic carbocycles. The monoisotopic (exact) mass is 439 g/mol. The van der Waals surface area contributed by atoms with Crippen LogP contribution in [-0.2, 0) is 6.42 Å². The highest BCUT2D eigenvalue weighted by molar-refractivity contribution is 5.87. The van der Waals surface area contributed by atoms with Crippen molar-refractivity contribution < 1.29 is 0 Å². The lowest BCUT2D eigenvalue weighted by Crippen LogP contribution is -2.38. The molecule has 0 aromatic heterocycles. The fourth-order valence-electron chi connectivity index (χ4n) is 4.99. The molecule has 0 amide bonds. The van der Waals surface area contributed by atoms with E-state index in [1.165, 1.54) is 67.1 Å². The predicted octanol–water partition coefficient (Wildman–Crippen LogP) is 6.55. The molecule has 2 saturated heterocycles. The molecule has 1 unspecified atom stereocenters. The topological polar surface area (TPSA) is 39.1 Å². The Morgan fingerprint density at radius 3 is 2.30 bits per heavy atom. The molecule has 1 N–H and O–H groups in total. The second-order valence-corrected chi connectivity index (χ2v) is 9.71. The zero-order valence-corrected chi connectivity index (χ0v) is 20.2. The zero-order chi connectivity index (χ0) is 23.0. The van der Waals surface area contributed by atoms with E-state index in [0.29, 0.717) is 5.56 Å². The number of fused-ring (bicyclic) bond motifs is 1. The molecule has 3 nitrogen and oxygen atoms in total. The van der Waals surface area contributed by atoms with Gasteiger partial charge in [-0.1, -0.05) is 48.9 Å². The van der Waals surface area contributed by atoms with E-state index >= 15 is 0 Å². The first-order chi connectivity index (χ1) is 16.1. The Hall–Kier alpha value is -2.67. The number of nitrogens with zero attached hydrogens (tertiary/aromatic N) is 2. The lowest BCUT2D eigenvalue weighted by molar-refractivity contribution is 0.163. The molecule has 0 saturated carbocycles. The van der Waals surface area contributed by atoms with Gasteiger partial charge in [-0.25, -0.2) is 0 Å². The van der Waals surface area contributed by atoms with Gasteiger partial charge in [-0.3, -0.25) is 0 Å². The predicted molar refractivity (Wildman–Crippen MR) is 139 cm³/mol. The van der Waals surface area contributed by atoms with Gasteiger partial charge in [-0.15, -0.1) is 0 Å². The van der Waals surface area contributed by atoms with Gasteiger partial charge in [0.25, 0.3) is 0 Å². The van der Waals surface area contributed by atoms with E-state index in [2.05, 4.69) is 66.5 Å². The van der Waals surface area contributed by atoms with Crippen LogP contribution in [0, 0.1) is 11.3 Å². The van der Waals surface area contributed by atoms with Crippen molar-refractivity contribution in [3.05, 3.63) is 71.8 Å². The van der Waals surface area contributed by atoms with Gasteiger partial charge >= 0.3 is 0 Å². The minimum atomic E-state index is 0.701. The number of piperidine rings is 1. The van der Waals surface area contributed by atoms with Gasteiger partial charge in [0.15, 0.2) is 0 Å². The van der Waals surface area contributed by atoms with Gasteiger partial charge in [-0.05, 0) is 105 Å². The average Bonchev–Trinajstić information content (AvgIpc) is 3.34. The van der Waals surface area contributed by atoms with Crippen LogP contribution in [0.4, 0.5) is 0 Å². The van der Waals surface area contributed by atoms with E-state index in [4.69, 9.17) is 5.26 Å². The minimum Gasteiger partial charge on any atom is -0.314 e. The molecule has 5 rings (SSSR count). The van der Waals surface area contributed by atoms with Crippen LogP contribution < -0.4 is 5.32 Å². The molecular formula is C30H37N3. The van der Waals surface area contributed by atoms with Gasteiger partial charge in [0.05, 0.1) is 11.6 Å². The van der Waals surface area contributed by atoms with Crippen LogP contribution in [0.3, 0.4) is 0 Å². The Balaban J connectivity index is 0.000000376. The molecule has 3 aromatic carbocycles. The molecule has 33 heavy (non-hydrogen) atoms. The van der Waals surface area contributed by atoms with Crippen molar-refractivity contribution in [2.24, 2.45) is 0 Å². The molecule has 0 radical (unpaired) electrons. The quantitative estimate of drug-likeness (QED) is 0.501. The summed E-state index contributed by atoms with van der Waals surface area (Å²) >= 11 is 0. The maximum Gasteiger partial charge on any atom is 0.0991 e. The number of benzene rings is 3. The fraction of sp³-hybridized carbons (Fsp3) is 0.433.